The fourth-order valence-electron chi connectivity index (χ4n) is 1.52. The van der Waals surface area contributed by atoms with Crippen molar-refractivity contribution in [3.63, 3.8) is 0 Å². The largest absolute Gasteiger partial charge is 0.469 e. The highest BCUT2D eigenvalue weighted by atomic mass is 16.5. The van der Waals surface area contributed by atoms with Crippen LogP contribution >= 0.6 is 0 Å². The number of hydrogen-bond acceptors (Lipinski definition) is 3. The lowest BCUT2D eigenvalue weighted by Gasteiger charge is -2.21. The molecule has 0 spiro atoms. The van der Waals surface area contributed by atoms with Crippen molar-refractivity contribution < 1.29 is 14.3 Å². The fourth-order valence-corrected chi connectivity index (χ4v) is 1.52. The van der Waals surface area contributed by atoms with Crippen LogP contribution in [0.5, 0.6) is 0 Å². The van der Waals surface area contributed by atoms with Gasteiger partial charge in [-0.3, -0.25) is 9.59 Å². The summed E-state index contributed by atoms with van der Waals surface area (Å²) in [4.78, 5) is 22.5. The van der Waals surface area contributed by atoms with Crippen molar-refractivity contribution in [1.29, 1.82) is 0 Å². The molecule has 0 aromatic heterocycles. The summed E-state index contributed by atoms with van der Waals surface area (Å²) in [5, 5.41) is 0. The summed E-state index contributed by atoms with van der Waals surface area (Å²) >= 11 is 0. The molecule has 17 heavy (non-hydrogen) atoms. The smallest absolute Gasteiger partial charge is 0.311 e. The van der Waals surface area contributed by atoms with Gasteiger partial charge in [0.1, 0.15) is 0 Å². The van der Waals surface area contributed by atoms with Crippen LogP contribution < -0.4 is 5.73 Å². The first-order chi connectivity index (χ1) is 7.86. The molecule has 0 aliphatic carbocycles. The Morgan fingerprint density at radius 2 is 2.00 bits per heavy atom. The Labute approximate surface area is 101 Å². The van der Waals surface area contributed by atoms with Gasteiger partial charge in [0.25, 0.3) is 0 Å². The number of esters is 1. The summed E-state index contributed by atoms with van der Waals surface area (Å²) < 4.78 is 4.70. The summed E-state index contributed by atoms with van der Waals surface area (Å²) in [5.41, 5.74) is 5.62. The number of benzene rings is 1. The zero-order valence-electron chi connectivity index (χ0n) is 10.2. The lowest BCUT2D eigenvalue weighted by molar-refractivity contribution is -0.148. The molecule has 4 nitrogen and oxygen atoms in total. The predicted molar refractivity (Wildman–Crippen MR) is 64.2 cm³/mol. The van der Waals surface area contributed by atoms with Gasteiger partial charge in [-0.05, 0) is 31.5 Å². The summed E-state index contributed by atoms with van der Waals surface area (Å²) in [6.07, 6.45) is 1.74. The molecule has 2 N–H and O–H groups in total. The molecule has 0 aliphatic rings. The van der Waals surface area contributed by atoms with Crippen LogP contribution in [-0.4, -0.2) is 19.0 Å². The lowest BCUT2D eigenvalue weighted by Crippen LogP contribution is -2.26. The highest BCUT2D eigenvalue weighted by molar-refractivity contribution is 5.93. The van der Waals surface area contributed by atoms with E-state index >= 15 is 0 Å². The first-order valence-electron chi connectivity index (χ1n) is 5.21. The molecule has 0 unspecified atom stereocenters. The SMILES string of the molecule is COC(=O)C(C)(C)[CH]c1cccc(C(N)=O)c1. The van der Waals surface area contributed by atoms with Gasteiger partial charge in [-0.1, -0.05) is 12.1 Å². The van der Waals surface area contributed by atoms with E-state index < -0.39 is 11.3 Å². The minimum atomic E-state index is -0.745. The number of carbonyl (C=O) groups is 2. The molecule has 0 atom stereocenters. The van der Waals surface area contributed by atoms with Crippen LogP contribution in [-0.2, 0) is 9.53 Å². The van der Waals surface area contributed by atoms with E-state index in [0.717, 1.165) is 5.56 Å². The molecular formula is C13H16NO3. The van der Waals surface area contributed by atoms with Crippen LogP contribution in [0.15, 0.2) is 24.3 Å². The van der Waals surface area contributed by atoms with Crippen molar-refractivity contribution in [3.05, 3.63) is 41.8 Å². The average Bonchev–Trinajstić information content (AvgIpc) is 2.27. The second kappa shape index (κ2) is 4.99. The van der Waals surface area contributed by atoms with Gasteiger partial charge in [0.05, 0.1) is 12.5 Å². The minimum absolute atomic E-state index is 0.332. The quantitative estimate of drug-likeness (QED) is 0.803. The van der Waals surface area contributed by atoms with Crippen molar-refractivity contribution in [2.24, 2.45) is 11.1 Å². The number of carbonyl (C=O) groups excluding carboxylic acids is 2. The van der Waals surface area contributed by atoms with Crippen molar-refractivity contribution in [3.8, 4) is 0 Å². The molecule has 0 aliphatic heterocycles. The van der Waals surface area contributed by atoms with E-state index in [-0.39, 0.29) is 5.97 Å². The normalized spacial score (nSPS) is 11.0. The Morgan fingerprint density at radius 3 is 2.53 bits per heavy atom. The molecule has 0 saturated carbocycles. The zero-order chi connectivity index (χ0) is 13.1. The minimum Gasteiger partial charge on any atom is -0.469 e. The van der Waals surface area contributed by atoms with Crippen LogP contribution in [0, 0.1) is 11.8 Å². The summed E-state index contributed by atoms with van der Waals surface area (Å²) in [6, 6.07) is 6.80. The zero-order valence-corrected chi connectivity index (χ0v) is 10.2. The predicted octanol–water partition coefficient (Wildman–Crippen LogP) is 1.54. The first-order valence-corrected chi connectivity index (χ1v) is 5.21. The number of primary amides is 1. The maximum absolute atomic E-state index is 11.5. The van der Waals surface area contributed by atoms with Crippen LogP contribution in [0.1, 0.15) is 29.8 Å². The van der Waals surface area contributed by atoms with E-state index in [4.69, 9.17) is 10.5 Å². The second-order valence-corrected chi connectivity index (χ2v) is 4.35. The standard InChI is InChI=1S/C13H16NO3/c1-13(2,12(16)17-3)8-9-5-4-6-10(7-9)11(14)15/h4-8H,1-3H3,(H2,14,15). The van der Waals surface area contributed by atoms with Crippen molar-refractivity contribution in [2.45, 2.75) is 13.8 Å². The number of amides is 1. The molecule has 91 valence electrons. The highest BCUT2D eigenvalue weighted by Gasteiger charge is 2.29. The Kier molecular flexibility index (Phi) is 3.89. The van der Waals surface area contributed by atoms with Gasteiger partial charge in [0.15, 0.2) is 0 Å². The summed E-state index contributed by atoms with van der Waals surface area (Å²) in [7, 11) is 1.34. The molecule has 0 fully saturated rings. The van der Waals surface area contributed by atoms with Gasteiger partial charge in [-0.2, -0.15) is 0 Å². The molecule has 1 aromatic carbocycles. The highest BCUT2D eigenvalue weighted by Crippen LogP contribution is 2.25. The molecule has 1 rings (SSSR count). The molecule has 0 bridgehead atoms. The van der Waals surface area contributed by atoms with Gasteiger partial charge < -0.3 is 10.5 Å². The molecule has 1 aromatic rings. The average molecular weight is 234 g/mol. The van der Waals surface area contributed by atoms with Gasteiger partial charge >= 0.3 is 5.97 Å². The van der Waals surface area contributed by atoms with Crippen molar-refractivity contribution in [1.82, 2.24) is 0 Å². The van der Waals surface area contributed by atoms with E-state index in [0.29, 0.717) is 5.56 Å². The van der Waals surface area contributed by atoms with Gasteiger partial charge in [-0.15, -0.1) is 0 Å². The van der Waals surface area contributed by atoms with E-state index in [9.17, 15) is 9.59 Å². The number of rotatable bonds is 4. The molecular weight excluding hydrogens is 218 g/mol. The third kappa shape index (κ3) is 3.31. The molecule has 4 heteroatoms. The molecule has 0 heterocycles. The lowest BCUT2D eigenvalue weighted by atomic mass is 9.85. The number of hydrogen-bond donors (Lipinski definition) is 1. The van der Waals surface area contributed by atoms with Crippen LogP contribution in [0.4, 0.5) is 0 Å². The Bertz CT molecular complexity index is 438. The van der Waals surface area contributed by atoms with Gasteiger partial charge in [-0.25, -0.2) is 0 Å². The Hall–Kier alpha value is -1.84. The van der Waals surface area contributed by atoms with Gasteiger partial charge in [0, 0.05) is 12.0 Å². The molecule has 1 radical (unpaired) electrons. The van der Waals surface area contributed by atoms with E-state index in [2.05, 4.69) is 0 Å². The topological polar surface area (TPSA) is 69.4 Å². The van der Waals surface area contributed by atoms with Crippen molar-refractivity contribution in [2.75, 3.05) is 7.11 Å². The third-order valence-electron chi connectivity index (χ3n) is 2.41. The Morgan fingerprint density at radius 1 is 1.35 bits per heavy atom. The van der Waals surface area contributed by atoms with E-state index in [1.54, 1.807) is 44.5 Å². The van der Waals surface area contributed by atoms with Crippen LogP contribution in [0.2, 0.25) is 0 Å². The summed E-state index contributed by atoms with van der Waals surface area (Å²) in [6.45, 7) is 3.49. The third-order valence-corrected chi connectivity index (χ3v) is 2.41. The van der Waals surface area contributed by atoms with Crippen LogP contribution in [0.3, 0.4) is 0 Å². The second-order valence-electron chi connectivity index (χ2n) is 4.35. The molecule has 0 saturated heterocycles. The fraction of sp³-hybridized carbons (Fsp3) is 0.308. The monoisotopic (exact) mass is 234 g/mol. The van der Waals surface area contributed by atoms with E-state index in [1.807, 2.05) is 0 Å². The molecule has 1 amide bonds. The van der Waals surface area contributed by atoms with Crippen molar-refractivity contribution >= 4 is 11.9 Å². The maximum atomic E-state index is 11.5. The number of methoxy groups -OCH3 is 1. The summed E-state index contributed by atoms with van der Waals surface area (Å²) in [5.74, 6) is -0.821. The maximum Gasteiger partial charge on any atom is 0.311 e. The Balaban J connectivity index is 2.92. The van der Waals surface area contributed by atoms with Crippen LogP contribution in [0.25, 0.3) is 0 Å². The van der Waals surface area contributed by atoms with Gasteiger partial charge in [0.2, 0.25) is 5.91 Å². The first kappa shape index (κ1) is 13.2. The van der Waals surface area contributed by atoms with E-state index in [1.165, 1.54) is 7.11 Å². The number of nitrogens with two attached hydrogens (primary N) is 1. The number of ether oxygens (including phenoxy) is 1.